The van der Waals surface area contributed by atoms with Crippen LogP contribution >= 0.6 is 0 Å². The number of unbranched alkanes of at least 4 members (excludes halogenated alkanes) is 12. The van der Waals surface area contributed by atoms with Crippen LogP contribution < -0.4 is 0 Å². The average molecular weight is 237 g/mol. The highest BCUT2D eigenvalue weighted by Gasteiger charge is 1.93. The molecule has 0 aromatic rings. The maximum Gasteiger partial charge on any atom is 0.214 e. The van der Waals surface area contributed by atoms with Gasteiger partial charge in [-0.15, -0.1) is 0 Å². The maximum atomic E-state index is 6.68. The smallest absolute Gasteiger partial charge is 0.214 e. The Bertz CT molecular complexity index is 169. The molecule has 0 amide bonds. The van der Waals surface area contributed by atoms with Gasteiger partial charge < -0.3 is 4.85 Å². The predicted octanol–water partition coefficient (Wildman–Crippen LogP) is 6.00. The van der Waals surface area contributed by atoms with Crippen molar-refractivity contribution in [3.63, 3.8) is 0 Å². The molecule has 100 valence electrons. The Kier molecular flexibility index (Phi) is 15.0. The van der Waals surface area contributed by atoms with Gasteiger partial charge in [0.05, 0.1) is 0 Å². The van der Waals surface area contributed by atoms with Gasteiger partial charge in [-0.05, 0) is 6.42 Å². The van der Waals surface area contributed by atoms with E-state index in [1.165, 1.54) is 77.0 Å². The lowest BCUT2D eigenvalue weighted by Gasteiger charge is -2.01. The molecular formula is C16H31N. The van der Waals surface area contributed by atoms with E-state index in [2.05, 4.69) is 11.8 Å². The molecule has 0 aromatic carbocycles. The Morgan fingerprint density at radius 2 is 0.941 bits per heavy atom. The van der Waals surface area contributed by atoms with Gasteiger partial charge in [0.25, 0.3) is 0 Å². The zero-order valence-corrected chi connectivity index (χ0v) is 11.8. The van der Waals surface area contributed by atoms with Crippen molar-refractivity contribution in [3.05, 3.63) is 11.4 Å². The van der Waals surface area contributed by atoms with Crippen LogP contribution in [0.2, 0.25) is 0 Å². The molecule has 0 N–H and O–H groups in total. The van der Waals surface area contributed by atoms with Crippen molar-refractivity contribution in [1.29, 1.82) is 0 Å². The molecule has 0 fully saturated rings. The maximum absolute atomic E-state index is 6.68. The molecule has 0 saturated carbocycles. The van der Waals surface area contributed by atoms with Crippen LogP contribution in [0.3, 0.4) is 0 Å². The first-order valence-electron chi connectivity index (χ1n) is 7.75. The minimum absolute atomic E-state index is 0.734. The van der Waals surface area contributed by atoms with E-state index in [1.54, 1.807) is 0 Å². The molecule has 0 heterocycles. The van der Waals surface area contributed by atoms with E-state index in [0.29, 0.717) is 0 Å². The summed E-state index contributed by atoms with van der Waals surface area (Å²) >= 11 is 0. The van der Waals surface area contributed by atoms with Gasteiger partial charge >= 0.3 is 0 Å². The van der Waals surface area contributed by atoms with Crippen molar-refractivity contribution < 1.29 is 0 Å². The molecule has 0 aromatic heterocycles. The van der Waals surface area contributed by atoms with Gasteiger partial charge in [-0.2, -0.15) is 0 Å². The Morgan fingerprint density at radius 3 is 1.29 bits per heavy atom. The summed E-state index contributed by atoms with van der Waals surface area (Å²) in [5.74, 6) is 0. The normalized spacial score (nSPS) is 10.4. The minimum atomic E-state index is 0.734. The fourth-order valence-corrected chi connectivity index (χ4v) is 2.21. The SMILES string of the molecule is [C-]#[N+]CCCCCCCCCCCCCCC. The van der Waals surface area contributed by atoms with Crippen LogP contribution in [0.5, 0.6) is 0 Å². The first kappa shape index (κ1) is 16.5. The van der Waals surface area contributed by atoms with Crippen LogP contribution in [0.25, 0.3) is 4.85 Å². The number of rotatable bonds is 13. The molecule has 0 unspecified atom stereocenters. The van der Waals surface area contributed by atoms with E-state index in [1.807, 2.05) is 0 Å². The fraction of sp³-hybridized carbons (Fsp3) is 0.938. The molecule has 0 saturated heterocycles. The summed E-state index contributed by atoms with van der Waals surface area (Å²) in [5, 5.41) is 0. The molecule has 0 bridgehead atoms. The standard InChI is InChI=1S/C16H31N/c1-3-4-5-6-7-8-9-10-11-12-13-14-15-16-17-2/h3-16H2,1H3. The third-order valence-corrected chi connectivity index (χ3v) is 3.37. The van der Waals surface area contributed by atoms with Crippen LogP contribution in [0.4, 0.5) is 0 Å². The monoisotopic (exact) mass is 237 g/mol. The third kappa shape index (κ3) is 15.5. The second kappa shape index (κ2) is 15.5. The number of nitrogens with zero attached hydrogens (tertiary/aromatic N) is 1. The second-order valence-corrected chi connectivity index (χ2v) is 5.12. The highest BCUT2D eigenvalue weighted by Crippen LogP contribution is 2.12. The van der Waals surface area contributed by atoms with E-state index in [4.69, 9.17) is 6.57 Å². The van der Waals surface area contributed by atoms with Crippen LogP contribution in [0, 0.1) is 6.57 Å². The van der Waals surface area contributed by atoms with E-state index < -0.39 is 0 Å². The van der Waals surface area contributed by atoms with Crippen LogP contribution in [0.1, 0.15) is 90.4 Å². The highest BCUT2D eigenvalue weighted by molar-refractivity contribution is 4.58. The number of hydrogen-bond donors (Lipinski definition) is 0. The summed E-state index contributed by atoms with van der Waals surface area (Å²) in [6, 6.07) is 0. The van der Waals surface area contributed by atoms with Crippen molar-refractivity contribution in [3.8, 4) is 0 Å². The summed E-state index contributed by atoms with van der Waals surface area (Å²) in [7, 11) is 0. The van der Waals surface area contributed by atoms with Crippen LogP contribution in [0.15, 0.2) is 0 Å². The summed E-state index contributed by atoms with van der Waals surface area (Å²) < 4.78 is 0. The molecule has 1 heteroatoms. The first-order chi connectivity index (χ1) is 8.41. The Balaban J connectivity index is 2.87. The molecule has 17 heavy (non-hydrogen) atoms. The summed E-state index contributed by atoms with van der Waals surface area (Å²) in [6.07, 6.45) is 17.9. The molecule has 0 aliphatic heterocycles. The summed E-state index contributed by atoms with van der Waals surface area (Å²) in [4.78, 5) is 3.37. The zero-order valence-electron chi connectivity index (χ0n) is 11.8. The lowest BCUT2D eigenvalue weighted by atomic mass is 10.0. The van der Waals surface area contributed by atoms with E-state index in [0.717, 1.165) is 13.0 Å². The molecule has 0 spiro atoms. The fourth-order valence-electron chi connectivity index (χ4n) is 2.21. The van der Waals surface area contributed by atoms with Crippen molar-refractivity contribution in [2.75, 3.05) is 6.54 Å². The van der Waals surface area contributed by atoms with Gasteiger partial charge in [-0.25, -0.2) is 6.57 Å². The lowest BCUT2D eigenvalue weighted by Crippen LogP contribution is -1.83. The molecular weight excluding hydrogens is 206 g/mol. The molecule has 1 nitrogen and oxygen atoms in total. The van der Waals surface area contributed by atoms with Gasteiger partial charge in [-0.1, -0.05) is 77.6 Å². The van der Waals surface area contributed by atoms with Crippen molar-refractivity contribution >= 4 is 0 Å². The van der Waals surface area contributed by atoms with Gasteiger partial charge in [-0.3, -0.25) is 0 Å². The molecule has 0 rings (SSSR count). The lowest BCUT2D eigenvalue weighted by molar-refractivity contribution is 0.542. The Hall–Kier alpha value is -0.510. The van der Waals surface area contributed by atoms with Crippen molar-refractivity contribution in [2.45, 2.75) is 90.4 Å². The first-order valence-corrected chi connectivity index (χ1v) is 7.75. The summed E-state index contributed by atoms with van der Waals surface area (Å²) in [5.41, 5.74) is 0. The molecule has 0 radical (unpaired) electrons. The minimum Gasteiger partial charge on any atom is -0.317 e. The Morgan fingerprint density at radius 1 is 0.588 bits per heavy atom. The Labute approximate surface area is 109 Å². The average Bonchev–Trinajstić information content (AvgIpc) is 2.35. The molecule has 0 aliphatic carbocycles. The second-order valence-electron chi connectivity index (χ2n) is 5.12. The van der Waals surface area contributed by atoms with Crippen molar-refractivity contribution in [1.82, 2.24) is 0 Å². The van der Waals surface area contributed by atoms with Gasteiger partial charge in [0.2, 0.25) is 6.54 Å². The highest BCUT2D eigenvalue weighted by atomic mass is 14.6. The quantitative estimate of drug-likeness (QED) is 0.273. The largest absolute Gasteiger partial charge is 0.317 e. The third-order valence-electron chi connectivity index (χ3n) is 3.37. The zero-order chi connectivity index (χ0) is 12.6. The van der Waals surface area contributed by atoms with Gasteiger partial charge in [0, 0.05) is 6.42 Å². The van der Waals surface area contributed by atoms with Gasteiger partial charge in [0.15, 0.2) is 0 Å². The predicted molar refractivity (Wildman–Crippen MR) is 77.2 cm³/mol. The number of hydrogen-bond acceptors (Lipinski definition) is 0. The van der Waals surface area contributed by atoms with E-state index in [-0.39, 0.29) is 0 Å². The molecule has 0 atom stereocenters. The van der Waals surface area contributed by atoms with Crippen molar-refractivity contribution in [2.24, 2.45) is 0 Å². The van der Waals surface area contributed by atoms with E-state index in [9.17, 15) is 0 Å². The summed E-state index contributed by atoms with van der Waals surface area (Å²) in [6.45, 7) is 9.69. The van der Waals surface area contributed by atoms with Crippen LogP contribution in [-0.2, 0) is 0 Å². The van der Waals surface area contributed by atoms with Gasteiger partial charge in [0.1, 0.15) is 0 Å². The molecule has 0 aliphatic rings. The van der Waals surface area contributed by atoms with E-state index >= 15 is 0 Å². The van der Waals surface area contributed by atoms with Crippen LogP contribution in [-0.4, -0.2) is 6.54 Å². The topological polar surface area (TPSA) is 4.36 Å².